The van der Waals surface area contributed by atoms with E-state index in [4.69, 9.17) is 6.58 Å². The number of aryl methyl sites for hydroxylation is 1. The number of rotatable bonds is 6. The molecule has 0 N–H and O–H groups in total. The van der Waals surface area contributed by atoms with Crippen LogP contribution in [0.5, 0.6) is 0 Å². The Kier molecular flexibility index (Phi) is 7.04. The second kappa shape index (κ2) is 9.89. The summed E-state index contributed by atoms with van der Waals surface area (Å²) < 4.78 is 0. The van der Waals surface area contributed by atoms with Crippen molar-refractivity contribution in [3.63, 3.8) is 0 Å². The van der Waals surface area contributed by atoms with Crippen LogP contribution in [0.4, 0.5) is 0 Å². The molecule has 0 heterocycles. The van der Waals surface area contributed by atoms with Gasteiger partial charge in [-0.25, -0.2) is 0 Å². The summed E-state index contributed by atoms with van der Waals surface area (Å²) in [5.41, 5.74) is 10.5. The summed E-state index contributed by atoms with van der Waals surface area (Å²) in [6.07, 6.45) is 4.44. The van der Waals surface area contributed by atoms with Crippen molar-refractivity contribution in [1.82, 2.24) is 0 Å². The highest BCUT2D eigenvalue weighted by Gasteiger charge is 2.62. The van der Waals surface area contributed by atoms with Gasteiger partial charge in [-0.05, 0) is 116 Å². The van der Waals surface area contributed by atoms with Crippen molar-refractivity contribution in [2.24, 2.45) is 16.2 Å². The molecule has 2 aromatic carbocycles. The van der Waals surface area contributed by atoms with E-state index in [-0.39, 0.29) is 28.2 Å². The van der Waals surface area contributed by atoms with Crippen molar-refractivity contribution in [1.29, 1.82) is 0 Å². The Bertz CT molecular complexity index is 1580. The van der Waals surface area contributed by atoms with Gasteiger partial charge in [0.05, 0.1) is 11.0 Å². The Morgan fingerprint density at radius 3 is 2.22 bits per heavy atom. The predicted octanol–water partition coefficient (Wildman–Crippen LogP) is 8.76. The van der Waals surface area contributed by atoms with Gasteiger partial charge in [0.2, 0.25) is 0 Å². The fourth-order valence-electron chi connectivity index (χ4n) is 8.84. The molecule has 0 saturated heterocycles. The minimum atomic E-state index is -0.751. The van der Waals surface area contributed by atoms with Crippen LogP contribution in [0, 0.1) is 23.2 Å². The lowest BCUT2D eigenvalue weighted by atomic mass is 9.42. The molecule has 0 radical (unpaired) electrons. The molecule has 3 aliphatic rings. The number of benzene rings is 2. The molecule has 0 amide bonds. The monoisotopic (exact) mass is 548 g/mol. The van der Waals surface area contributed by atoms with Gasteiger partial charge in [-0.1, -0.05) is 74.9 Å². The summed E-state index contributed by atoms with van der Waals surface area (Å²) >= 11 is 0. The average Bonchev–Trinajstić information content (AvgIpc) is 2.86. The van der Waals surface area contributed by atoms with Gasteiger partial charge >= 0.3 is 0 Å². The lowest BCUT2D eigenvalue weighted by molar-refractivity contribution is -0.134. The second-order valence-corrected chi connectivity index (χ2v) is 13.7. The Hall–Kier alpha value is -3.33. The number of ketones is 3. The summed E-state index contributed by atoms with van der Waals surface area (Å²) in [5.74, 6) is 0.132. The Morgan fingerprint density at radius 1 is 0.951 bits per heavy atom. The number of carbonyl (C=O) groups is 3. The van der Waals surface area contributed by atoms with E-state index in [0.29, 0.717) is 18.4 Å². The average molecular weight is 549 g/mol. The molecule has 0 bridgehead atoms. The summed E-state index contributed by atoms with van der Waals surface area (Å²) in [4.78, 5) is 39.0. The van der Waals surface area contributed by atoms with Crippen LogP contribution in [-0.2, 0) is 27.2 Å². The summed E-state index contributed by atoms with van der Waals surface area (Å²) in [6.45, 7) is 21.2. The maximum Gasteiger partial charge on any atom is 0.176 e. The Balaban J connectivity index is 1.64. The van der Waals surface area contributed by atoms with Crippen LogP contribution in [0.1, 0.15) is 96.4 Å². The van der Waals surface area contributed by atoms with Crippen molar-refractivity contribution in [3.8, 4) is 11.1 Å². The second-order valence-electron chi connectivity index (χ2n) is 13.7. The number of Topliss-reactive ketones (excluding diaryl/α,β-unsaturated/α-hetero) is 3. The number of fused-ring (bicyclic) bond motifs is 3. The first-order valence-corrected chi connectivity index (χ1v) is 15.1. The smallest absolute Gasteiger partial charge is 0.176 e. The molecular formula is C38H44O3. The van der Waals surface area contributed by atoms with Gasteiger partial charge in [0.1, 0.15) is 5.78 Å². The molecule has 41 heavy (non-hydrogen) atoms. The molecule has 0 spiro atoms. The van der Waals surface area contributed by atoms with Crippen molar-refractivity contribution >= 4 is 22.9 Å². The van der Waals surface area contributed by atoms with E-state index in [1.165, 1.54) is 34.8 Å². The molecule has 3 aliphatic carbocycles. The fraction of sp³-hybridized carbons (Fsp3) is 0.447. The molecule has 0 fully saturated rings. The minimum absolute atomic E-state index is 0.0233. The van der Waals surface area contributed by atoms with E-state index in [2.05, 4.69) is 71.0 Å². The van der Waals surface area contributed by atoms with Gasteiger partial charge in [-0.15, -0.1) is 0 Å². The van der Waals surface area contributed by atoms with Gasteiger partial charge in [-0.2, -0.15) is 0 Å². The zero-order valence-corrected chi connectivity index (χ0v) is 26.1. The topological polar surface area (TPSA) is 51.2 Å². The van der Waals surface area contributed by atoms with E-state index in [1.54, 1.807) is 0 Å². The summed E-state index contributed by atoms with van der Waals surface area (Å²) in [6, 6.07) is 12.9. The first-order valence-electron chi connectivity index (χ1n) is 15.1. The van der Waals surface area contributed by atoms with E-state index in [0.717, 1.165) is 53.5 Å². The molecule has 3 atom stereocenters. The van der Waals surface area contributed by atoms with Crippen molar-refractivity contribution < 1.29 is 14.4 Å². The first-order chi connectivity index (χ1) is 19.2. The van der Waals surface area contributed by atoms with Crippen LogP contribution in [0.15, 0.2) is 65.3 Å². The van der Waals surface area contributed by atoms with Crippen molar-refractivity contribution in [2.75, 3.05) is 0 Å². The summed E-state index contributed by atoms with van der Waals surface area (Å²) in [7, 11) is 0. The molecule has 3 heteroatoms. The first kappa shape index (κ1) is 29.2. The van der Waals surface area contributed by atoms with Crippen LogP contribution >= 0.6 is 0 Å². The minimum Gasteiger partial charge on any atom is -0.299 e. The molecule has 0 aromatic heterocycles. The largest absolute Gasteiger partial charge is 0.299 e. The molecule has 0 aliphatic heterocycles. The zero-order chi connectivity index (χ0) is 30.1. The van der Waals surface area contributed by atoms with Crippen LogP contribution in [-0.4, -0.2) is 17.3 Å². The Morgan fingerprint density at radius 2 is 1.61 bits per heavy atom. The molecule has 3 nitrogen and oxygen atoms in total. The van der Waals surface area contributed by atoms with Crippen LogP contribution in [0.25, 0.3) is 16.7 Å². The lowest BCUT2D eigenvalue weighted by Crippen LogP contribution is -2.56. The molecule has 0 saturated carbocycles. The van der Waals surface area contributed by atoms with E-state index < -0.39 is 5.41 Å². The third kappa shape index (κ3) is 4.26. The van der Waals surface area contributed by atoms with Crippen LogP contribution in [0.3, 0.4) is 0 Å². The third-order valence-electron chi connectivity index (χ3n) is 10.7. The van der Waals surface area contributed by atoms with Gasteiger partial charge in [-0.3, -0.25) is 14.4 Å². The quantitative estimate of drug-likeness (QED) is 0.339. The normalized spacial score (nSPS) is 27.4. The van der Waals surface area contributed by atoms with Gasteiger partial charge in [0.25, 0.3) is 0 Å². The number of allylic oxidation sites excluding steroid dienone is 5. The molecule has 214 valence electrons. The molecule has 5 rings (SSSR count). The van der Waals surface area contributed by atoms with E-state index in [1.807, 2.05) is 13.8 Å². The van der Waals surface area contributed by atoms with Crippen LogP contribution < -0.4 is 0 Å². The zero-order valence-electron chi connectivity index (χ0n) is 26.1. The van der Waals surface area contributed by atoms with Gasteiger partial charge in [0, 0.05) is 12.8 Å². The molecular weight excluding hydrogens is 504 g/mol. The highest BCUT2D eigenvalue weighted by atomic mass is 16.2. The highest BCUT2D eigenvalue weighted by molar-refractivity contribution is 6.23. The van der Waals surface area contributed by atoms with Crippen molar-refractivity contribution in [2.45, 2.75) is 93.9 Å². The Labute approximate surface area is 245 Å². The fourth-order valence-corrected chi connectivity index (χ4v) is 8.84. The maximum atomic E-state index is 14.2. The van der Waals surface area contributed by atoms with Gasteiger partial charge < -0.3 is 0 Å². The molecule has 3 unspecified atom stereocenters. The predicted molar refractivity (Wildman–Crippen MR) is 168 cm³/mol. The lowest BCUT2D eigenvalue weighted by Gasteiger charge is -2.60. The van der Waals surface area contributed by atoms with E-state index in [9.17, 15) is 14.4 Å². The number of hydrogen-bond donors (Lipinski definition) is 0. The molecule has 2 aromatic rings. The van der Waals surface area contributed by atoms with Gasteiger partial charge in [0.15, 0.2) is 11.6 Å². The van der Waals surface area contributed by atoms with Crippen LogP contribution in [0.2, 0.25) is 0 Å². The summed E-state index contributed by atoms with van der Waals surface area (Å²) in [5, 5.41) is 0. The van der Waals surface area contributed by atoms with E-state index >= 15 is 0 Å². The third-order valence-corrected chi connectivity index (χ3v) is 10.7. The highest BCUT2D eigenvalue weighted by Crippen LogP contribution is 2.68. The number of hydrogen-bond acceptors (Lipinski definition) is 3. The SMILES string of the molecule is C=C1C2=C(C)C3(C)C(=O)C(C(C)=O)=C(C)CC3(C)CC2(C)Cc2c(-c3ccc(CC(=O)CCC)cc3)ccc(C)c21. The van der Waals surface area contributed by atoms with Crippen molar-refractivity contribution in [3.05, 3.63) is 87.5 Å². The standard InChI is InChI=1S/C38H44O3/c1-10-11-29(40)18-27-13-15-28(16-14-27)30-17-12-22(2)32-24(4)34-25(5)38(9)35(41)33(26(6)39)23(3)19-37(38,8)21-36(34,7)20-31(30)32/h12-17H,4,10-11,18-21H2,1-3,5-9H3. The number of carbonyl (C=O) groups excluding carboxylic acids is 3. The maximum absolute atomic E-state index is 14.2.